The molecule has 0 bridgehead atoms. The quantitative estimate of drug-likeness (QED) is 0.582. The fourth-order valence-electron chi connectivity index (χ4n) is 2.39. The van der Waals surface area contributed by atoms with Crippen LogP contribution in [0, 0.1) is 11.6 Å². The van der Waals surface area contributed by atoms with E-state index in [1.807, 2.05) is 0 Å². The molecule has 1 amide bonds. The topological polar surface area (TPSA) is 68.3 Å². The van der Waals surface area contributed by atoms with Crippen LogP contribution in [0.4, 0.5) is 13.9 Å². The molecular weight excluding hydrogens is 386 g/mol. The van der Waals surface area contributed by atoms with Crippen molar-refractivity contribution in [3.05, 3.63) is 65.0 Å². The van der Waals surface area contributed by atoms with Crippen LogP contribution in [0.1, 0.15) is 23.7 Å². The summed E-state index contributed by atoms with van der Waals surface area (Å²) in [7, 11) is 0. The van der Waals surface area contributed by atoms with Crippen molar-refractivity contribution in [2.75, 3.05) is 11.9 Å². The van der Waals surface area contributed by atoms with Gasteiger partial charge in [-0.15, -0.1) is 11.3 Å². The normalized spacial score (nSPS) is 10.5. The Morgan fingerprint density at radius 1 is 1.14 bits per heavy atom. The highest BCUT2D eigenvalue weighted by Gasteiger charge is 2.13. The van der Waals surface area contributed by atoms with E-state index < -0.39 is 17.5 Å². The summed E-state index contributed by atoms with van der Waals surface area (Å²) in [6.45, 7) is 1.52. The zero-order valence-electron chi connectivity index (χ0n) is 14.9. The van der Waals surface area contributed by atoms with Gasteiger partial charge < -0.3 is 4.74 Å². The maximum absolute atomic E-state index is 13.8. The van der Waals surface area contributed by atoms with Crippen molar-refractivity contribution in [3.8, 4) is 17.0 Å². The molecule has 0 aliphatic heterocycles. The molecule has 0 atom stereocenters. The van der Waals surface area contributed by atoms with Crippen LogP contribution in [0.25, 0.3) is 11.3 Å². The van der Waals surface area contributed by atoms with Crippen molar-refractivity contribution in [1.29, 1.82) is 0 Å². The molecule has 144 valence electrons. The standard InChI is InChI=1S/C20H16F2N2O3S/c1-2-18(25)12-3-6-14(7-4-12)27-10-19(26)24-20-23-17(11-28-20)15-9-13(21)5-8-16(15)22/h3-9,11H,2,10H2,1H3,(H,23,24,26). The zero-order valence-corrected chi connectivity index (χ0v) is 15.7. The third kappa shape index (κ3) is 4.77. The second-order valence-electron chi connectivity index (χ2n) is 5.80. The number of Topliss-reactive ketones (excluding diaryl/α,β-unsaturated/α-hetero) is 1. The van der Waals surface area contributed by atoms with E-state index in [0.717, 1.165) is 29.5 Å². The molecule has 0 saturated heterocycles. The monoisotopic (exact) mass is 402 g/mol. The smallest absolute Gasteiger partial charge is 0.264 e. The Morgan fingerprint density at radius 3 is 2.61 bits per heavy atom. The van der Waals surface area contributed by atoms with Crippen molar-refractivity contribution in [3.63, 3.8) is 0 Å². The Bertz CT molecular complexity index is 1000. The molecule has 0 saturated carbocycles. The van der Waals surface area contributed by atoms with Gasteiger partial charge in [0.15, 0.2) is 17.5 Å². The minimum absolute atomic E-state index is 0.0229. The Kier molecular flexibility index (Phi) is 6.10. The van der Waals surface area contributed by atoms with Gasteiger partial charge in [0.05, 0.1) is 5.69 Å². The zero-order chi connectivity index (χ0) is 20.1. The number of carbonyl (C=O) groups is 2. The number of hydrogen-bond donors (Lipinski definition) is 1. The second-order valence-corrected chi connectivity index (χ2v) is 6.66. The Balaban J connectivity index is 1.58. The number of rotatable bonds is 7. The van der Waals surface area contributed by atoms with Crippen LogP contribution in [-0.4, -0.2) is 23.3 Å². The van der Waals surface area contributed by atoms with E-state index in [2.05, 4.69) is 10.3 Å². The molecule has 0 unspecified atom stereocenters. The fourth-order valence-corrected chi connectivity index (χ4v) is 3.12. The van der Waals surface area contributed by atoms with Gasteiger partial charge in [-0.05, 0) is 42.5 Å². The third-order valence-corrected chi connectivity index (χ3v) is 4.58. The molecule has 0 fully saturated rings. The molecule has 1 aromatic heterocycles. The van der Waals surface area contributed by atoms with Crippen molar-refractivity contribution in [2.24, 2.45) is 0 Å². The van der Waals surface area contributed by atoms with E-state index >= 15 is 0 Å². The number of amides is 1. The first kappa shape index (κ1) is 19.6. The lowest BCUT2D eigenvalue weighted by molar-refractivity contribution is -0.118. The van der Waals surface area contributed by atoms with Gasteiger partial charge in [0.2, 0.25) is 0 Å². The lowest BCUT2D eigenvalue weighted by atomic mass is 10.1. The summed E-state index contributed by atoms with van der Waals surface area (Å²) in [6.07, 6.45) is 0.415. The molecule has 0 aliphatic rings. The molecule has 8 heteroatoms. The Morgan fingerprint density at radius 2 is 1.89 bits per heavy atom. The highest BCUT2D eigenvalue weighted by atomic mass is 32.1. The summed E-state index contributed by atoms with van der Waals surface area (Å²) in [6, 6.07) is 9.60. The number of carbonyl (C=O) groups excluding carboxylic acids is 2. The van der Waals surface area contributed by atoms with Gasteiger partial charge in [0, 0.05) is 22.9 Å². The van der Waals surface area contributed by atoms with E-state index in [0.29, 0.717) is 17.7 Å². The number of anilines is 1. The van der Waals surface area contributed by atoms with Crippen LogP contribution < -0.4 is 10.1 Å². The molecule has 1 N–H and O–H groups in total. The maximum Gasteiger partial charge on any atom is 0.264 e. The molecule has 5 nitrogen and oxygen atoms in total. The molecule has 0 radical (unpaired) electrons. The number of halogens is 2. The van der Waals surface area contributed by atoms with Crippen LogP contribution in [0.15, 0.2) is 47.8 Å². The van der Waals surface area contributed by atoms with Crippen LogP contribution in [0.3, 0.4) is 0 Å². The van der Waals surface area contributed by atoms with Crippen LogP contribution in [-0.2, 0) is 4.79 Å². The van der Waals surface area contributed by atoms with Crippen LogP contribution in [0.2, 0.25) is 0 Å². The average molecular weight is 402 g/mol. The van der Waals surface area contributed by atoms with Crippen molar-refractivity contribution in [1.82, 2.24) is 4.98 Å². The minimum atomic E-state index is -0.599. The van der Waals surface area contributed by atoms with E-state index in [-0.39, 0.29) is 28.8 Å². The summed E-state index contributed by atoms with van der Waals surface area (Å²) in [5.74, 6) is -1.15. The molecule has 0 spiro atoms. The minimum Gasteiger partial charge on any atom is -0.484 e. The van der Waals surface area contributed by atoms with Crippen LogP contribution in [0.5, 0.6) is 5.75 Å². The average Bonchev–Trinajstić information content (AvgIpc) is 3.16. The first-order valence-electron chi connectivity index (χ1n) is 8.43. The van der Waals surface area contributed by atoms with Crippen molar-refractivity contribution >= 4 is 28.2 Å². The molecule has 1 heterocycles. The predicted molar refractivity (Wildman–Crippen MR) is 103 cm³/mol. The summed E-state index contributed by atoms with van der Waals surface area (Å²) < 4.78 is 32.5. The SMILES string of the molecule is CCC(=O)c1ccc(OCC(=O)Nc2nc(-c3cc(F)ccc3F)cs2)cc1. The second kappa shape index (κ2) is 8.71. The number of thiazole rings is 1. The number of benzene rings is 2. The molecule has 3 aromatic rings. The number of ketones is 1. The van der Waals surface area contributed by atoms with Gasteiger partial charge in [0.1, 0.15) is 17.4 Å². The van der Waals surface area contributed by atoms with E-state index in [1.54, 1.807) is 31.2 Å². The van der Waals surface area contributed by atoms with Crippen molar-refractivity contribution in [2.45, 2.75) is 13.3 Å². The molecule has 28 heavy (non-hydrogen) atoms. The summed E-state index contributed by atoms with van der Waals surface area (Å²) in [4.78, 5) is 27.7. The van der Waals surface area contributed by atoms with Crippen molar-refractivity contribution < 1.29 is 23.1 Å². The van der Waals surface area contributed by atoms with Gasteiger partial charge in [-0.1, -0.05) is 6.92 Å². The lowest BCUT2D eigenvalue weighted by Gasteiger charge is -2.06. The molecule has 2 aromatic carbocycles. The van der Waals surface area contributed by atoms with Gasteiger partial charge in [0.25, 0.3) is 5.91 Å². The number of hydrogen-bond acceptors (Lipinski definition) is 5. The number of nitrogens with zero attached hydrogens (tertiary/aromatic N) is 1. The summed E-state index contributed by atoms with van der Waals surface area (Å²) in [5.41, 5.74) is 0.836. The third-order valence-electron chi connectivity index (χ3n) is 3.82. The first-order valence-corrected chi connectivity index (χ1v) is 9.31. The van der Waals surface area contributed by atoms with E-state index in [4.69, 9.17) is 4.74 Å². The number of ether oxygens (including phenoxy) is 1. The number of aromatic nitrogens is 1. The van der Waals surface area contributed by atoms with Gasteiger partial charge in [-0.3, -0.25) is 14.9 Å². The first-order chi connectivity index (χ1) is 13.5. The van der Waals surface area contributed by atoms with Crippen LogP contribution >= 0.6 is 11.3 Å². The predicted octanol–water partition coefficient (Wildman–Crippen LogP) is 4.70. The highest BCUT2D eigenvalue weighted by molar-refractivity contribution is 7.14. The Labute approximate surface area is 164 Å². The lowest BCUT2D eigenvalue weighted by Crippen LogP contribution is -2.20. The summed E-state index contributed by atoms with van der Waals surface area (Å²) in [5, 5.41) is 4.32. The van der Waals surface area contributed by atoms with E-state index in [1.165, 1.54) is 5.38 Å². The van der Waals surface area contributed by atoms with Gasteiger partial charge >= 0.3 is 0 Å². The number of nitrogens with one attached hydrogen (secondary N) is 1. The van der Waals surface area contributed by atoms with Gasteiger partial charge in [-0.25, -0.2) is 13.8 Å². The maximum atomic E-state index is 13.8. The Hall–Kier alpha value is -3.13. The highest BCUT2D eigenvalue weighted by Crippen LogP contribution is 2.27. The fraction of sp³-hybridized carbons (Fsp3) is 0.150. The molecular formula is C20H16F2N2O3S. The largest absolute Gasteiger partial charge is 0.484 e. The van der Waals surface area contributed by atoms with Gasteiger partial charge in [-0.2, -0.15) is 0 Å². The van der Waals surface area contributed by atoms with E-state index in [9.17, 15) is 18.4 Å². The molecule has 0 aliphatic carbocycles. The molecule has 3 rings (SSSR count). The summed E-state index contributed by atoms with van der Waals surface area (Å²) >= 11 is 1.09.